The van der Waals surface area contributed by atoms with Crippen LogP contribution in [0.25, 0.3) is 0 Å². The van der Waals surface area contributed by atoms with E-state index in [1.54, 1.807) is 6.92 Å². The summed E-state index contributed by atoms with van der Waals surface area (Å²) in [5, 5.41) is 8.92. The van der Waals surface area contributed by atoms with Crippen LogP contribution in [-0.4, -0.2) is 36.5 Å². The second kappa shape index (κ2) is 8.47. The highest BCUT2D eigenvalue weighted by Crippen LogP contribution is 2.15. The fraction of sp³-hybridized carbons (Fsp3) is 0.857. The molecule has 3 N–H and O–H groups in total. The number of nitrogens with one attached hydrogen (secondary N) is 3. The van der Waals surface area contributed by atoms with Crippen LogP contribution < -0.4 is 16.0 Å². The van der Waals surface area contributed by atoms with Crippen molar-refractivity contribution in [1.82, 2.24) is 16.0 Å². The number of piperidine rings is 1. The van der Waals surface area contributed by atoms with Crippen molar-refractivity contribution in [3.63, 3.8) is 0 Å². The van der Waals surface area contributed by atoms with Crippen LogP contribution in [0.2, 0.25) is 0 Å². The van der Waals surface area contributed by atoms with Crippen molar-refractivity contribution >= 4 is 24.2 Å². The number of hydrogen-bond acceptors (Lipinski definition) is 3. The minimum absolute atomic E-state index is 0. The molecule has 1 aliphatic rings. The molecule has 5 nitrogen and oxygen atoms in total. The van der Waals surface area contributed by atoms with Crippen molar-refractivity contribution in [2.75, 3.05) is 13.1 Å². The van der Waals surface area contributed by atoms with Crippen molar-refractivity contribution in [2.24, 2.45) is 5.92 Å². The molecule has 0 saturated carbocycles. The summed E-state index contributed by atoms with van der Waals surface area (Å²) in [4.78, 5) is 23.7. The second-order valence-corrected chi connectivity index (χ2v) is 6.43. The lowest BCUT2D eigenvalue weighted by atomic mass is 9.94. The largest absolute Gasteiger partial charge is 0.350 e. The van der Waals surface area contributed by atoms with Crippen LogP contribution in [0, 0.1) is 5.92 Å². The first-order chi connectivity index (χ1) is 8.78. The van der Waals surface area contributed by atoms with Crippen molar-refractivity contribution in [2.45, 2.75) is 58.5 Å². The van der Waals surface area contributed by atoms with E-state index in [4.69, 9.17) is 0 Å². The van der Waals surface area contributed by atoms with Gasteiger partial charge in [0.15, 0.2) is 0 Å². The van der Waals surface area contributed by atoms with Gasteiger partial charge in [-0.15, -0.1) is 12.4 Å². The fourth-order valence-electron chi connectivity index (χ4n) is 2.19. The van der Waals surface area contributed by atoms with Crippen LogP contribution in [0.1, 0.15) is 47.0 Å². The summed E-state index contributed by atoms with van der Waals surface area (Å²) >= 11 is 0. The molecule has 0 aromatic carbocycles. The summed E-state index contributed by atoms with van der Waals surface area (Å²) in [6.45, 7) is 9.47. The van der Waals surface area contributed by atoms with Gasteiger partial charge in [-0.3, -0.25) is 9.59 Å². The molecule has 6 heteroatoms. The van der Waals surface area contributed by atoms with Crippen molar-refractivity contribution in [3.8, 4) is 0 Å². The topological polar surface area (TPSA) is 70.2 Å². The van der Waals surface area contributed by atoms with E-state index in [1.165, 1.54) is 0 Å². The van der Waals surface area contributed by atoms with E-state index in [9.17, 15) is 9.59 Å². The molecule has 2 amide bonds. The van der Waals surface area contributed by atoms with Crippen LogP contribution in [0.3, 0.4) is 0 Å². The van der Waals surface area contributed by atoms with E-state index in [0.29, 0.717) is 12.3 Å². The third-order valence-corrected chi connectivity index (χ3v) is 3.20. The maximum absolute atomic E-state index is 11.9. The average Bonchev–Trinajstić information content (AvgIpc) is 2.27. The lowest BCUT2D eigenvalue weighted by molar-refractivity contribution is -0.130. The number of hydrogen-bond donors (Lipinski definition) is 3. The minimum atomic E-state index is -0.478. The predicted octanol–water partition coefficient (Wildman–Crippen LogP) is 1.22. The normalized spacial score (nSPS) is 17.8. The number of rotatable bonds is 4. The van der Waals surface area contributed by atoms with Gasteiger partial charge < -0.3 is 16.0 Å². The molecule has 0 bridgehead atoms. The molecule has 0 aromatic heterocycles. The second-order valence-electron chi connectivity index (χ2n) is 6.43. The highest BCUT2D eigenvalue weighted by atomic mass is 35.5. The molecule has 1 aliphatic heterocycles. The monoisotopic (exact) mass is 305 g/mol. The molecule has 1 atom stereocenters. The Bertz CT molecular complexity index is 323. The smallest absolute Gasteiger partial charge is 0.242 e. The molecule has 1 fully saturated rings. The van der Waals surface area contributed by atoms with Gasteiger partial charge >= 0.3 is 0 Å². The van der Waals surface area contributed by atoms with Crippen LogP contribution >= 0.6 is 12.4 Å². The molecular formula is C14H28ClN3O2. The molecular weight excluding hydrogens is 278 g/mol. The standard InChI is InChI=1S/C14H27N3O2.ClH/c1-10(13(19)17-14(2,3)4)16-12(18)9-11-5-7-15-8-6-11;/h10-11,15H,5-9H2,1-4H3,(H,16,18)(H,17,19);1H. The van der Waals surface area contributed by atoms with Crippen LogP contribution in [0.5, 0.6) is 0 Å². The zero-order chi connectivity index (χ0) is 14.5. The summed E-state index contributed by atoms with van der Waals surface area (Å²) in [5.41, 5.74) is -0.273. The highest BCUT2D eigenvalue weighted by Gasteiger charge is 2.22. The first-order valence-electron chi connectivity index (χ1n) is 7.10. The van der Waals surface area contributed by atoms with Gasteiger partial charge in [0.25, 0.3) is 0 Å². The Morgan fingerprint density at radius 1 is 1.25 bits per heavy atom. The zero-order valence-corrected chi connectivity index (χ0v) is 13.7. The summed E-state index contributed by atoms with van der Waals surface area (Å²) in [5.74, 6) is 0.286. The van der Waals surface area contributed by atoms with E-state index in [2.05, 4.69) is 16.0 Å². The Hall–Kier alpha value is -0.810. The summed E-state index contributed by atoms with van der Waals surface area (Å²) in [6.07, 6.45) is 2.60. The molecule has 0 radical (unpaired) electrons. The molecule has 118 valence electrons. The quantitative estimate of drug-likeness (QED) is 0.731. The molecule has 0 aliphatic carbocycles. The first-order valence-corrected chi connectivity index (χ1v) is 7.10. The third-order valence-electron chi connectivity index (χ3n) is 3.20. The van der Waals surface area contributed by atoms with Gasteiger partial charge in [0.05, 0.1) is 0 Å². The Morgan fingerprint density at radius 3 is 2.30 bits per heavy atom. The van der Waals surface area contributed by atoms with Gasteiger partial charge in [-0.1, -0.05) is 0 Å². The van der Waals surface area contributed by atoms with E-state index in [1.807, 2.05) is 20.8 Å². The molecule has 20 heavy (non-hydrogen) atoms. The molecule has 0 aromatic rings. The van der Waals surface area contributed by atoms with Gasteiger partial charge in [0.1, 0.15) is 6.04 Å². The lowest BCUT2D eigenvalue weighted by Crippen LogP contribution is -2.51. The van der Waals surface area contributed by atoms with Crippen molar-refractivity contribution < 1.29 is 9.59 Å². The number of carbonyl (C=O) groups excluding carboxylic acids is 2. The van der Waals surface area contributed by atoms with Gasteiger partial charge in [0.2, 0.25) is 11.8 Å². The minimum Gasteiger partial charge on any atom is -0.350 e. The Balaban J connectivity index is 0.00000361. The third kappa shape index (κ3) is 7.70. The Kier molecular flexibility index (Phi) is 8.13. The summed E-state index contributed by atoms with van der Waals surface area (Å²) in [6, 6.07) is -0.478. The molecule has 0 spiro atoms. The highest BCUT2D eigenvalue weighted by molar-refractivity contribution is 5.87. The van der Waals surface area contributed by atoms with Crippen LogP contribution in [-0.2, 0) is 9.59 Å². The zero-order valence-electron chi connectivity index (χ0n) is 12.9. The maximum Gasteiger partial charge on any atom is 0.242 e. The first kappa shape index (κ1) is 19.2. The molecule has 1 rings (SSSR count). The molecule has 1 heterocycles. The van der Waals surface area contributed by atoms with Crippen molar-refractivity contribution in [1.29, 1.82) is 0 Å². The van der Waals surface area contributed by atoms with Crippen LogP contribution in [0.4, 0.5) is 0 Å². The lowest BCUT2D eigenvalue weighted by Gasteiger charge is -2.25. The van der Waals surface area contributed by atoms with Gasteiger partial charge in [-0.25, -0.2) is 0 Å². The number of halogens is 1. The Labute approximate surface area is 128 Å². The van der Waals surface area contributed by atoms with E-state index in [-0.39, 0.29) is 29.8 Å². The Morgan fingerprint density at radius 2 is 1.80 bits per heavy atom. The van der Waals surface area contributed by atoms with E-state index in [0.717, 1.165) is 25.9 Å². The maximum atomic E-state index is 11.9. The summed E-state index contributed by atoms with van der Waals surface area (Å²) < 4.78 is 0. The van der Waals surface area contributed by atoms with E-state index >= 15 is 0 Å². The molecule has 1 unspecified atom stereocenters. The summed E-state index contributed by atoms with van der Waals surface area (Å²) in [7, 11) is 0. The number of amides is 2. The van der Waals surface area contributed by atoms with Gasteiger partial charge in [0, 0.05) is 12.0 Å². The van der Waals surface area contributed by atoms with Gasteiger partial charge in [-0.05, 0) is 59.5 Å². The average molecular weight is 306 g/mol. The SMILES string of the molecule is CC(NC(=O)CC1CCNCC1)C(=O)NC(C)(C)C.Cl. The van der Waals surface area contributed by atoms with Crippen LogP contribution in [0.15, 0.2) is 0 Å². The van der Waals surface area contributed by atoms with Crippen molar-refractivity contribution in [3.05, 3.63) is 0 Å². The predicted molar refractivity (Wildman–Crippen MR) is 83.0 cm³/mol. The number of carbonyl (C=O) groups is 2. The molecule has 1 saturated heterocycles. The fourth-order valence-corrected chi connectivity index (χ4v) is 2.19. The van der Waals surface area contributed by atoms with Gasteiger partial charge in [-0.2, -0.15) is 0 Å². The van der Waals surface area contributed by atoms with E-state index < -0.39 is 6.04 Å².